The van der Waals surface area contributed by atoms with Crippen LogP contribution in [0.4, 0.5) is 0 Å². The molecule has 0 aromatic heterocycles. The van der Waals surface area contributed by atoms with Gasteiger partial charge in [-0.3, -0.25) is 0 Å². The van der Waals surface area contributed by atoms with E-state index in [9.17, 15) is 0 Å². The van der Waals surface area contributed by atoms with E-state index in [1.807, 2.05) is 273 Å². The second kappa shape index (κ2) is 19.8. The first-order valence-electron chi connectivity index (χ1n) is 21.8. The SMILES string of the molecule is O=P(C(=C=C(c1ccccc1)P(=O)(c1ccccc1)c1ccccc1)C(=C=C(c1ccccc1)P(=O)(c1ccccc1)c1ccccc1)c1ccccc1)(c1ccccc1)c1ccccc1. The molecule has 9 rings (SSSR count). The minimum atomic E-state index is -4.07. The molecule has 0 bridgehead atoms. The van der Waals surface area contributed by atoms with E-state index in [4.69, 9.17) is 0 Å². The van der Waals surface area contributed by atoms with Crippen LogP contribution in [0, 0.1) is 0 Å². The van der Waals surface area contributed by atoms with E-state index in [1.54, 1.807) is 0 Å². The minimum Gasteiger partial charge on any atom is -0.308 e. The van der Waals surface area contributed by atoms with E-state index in [1.165, 1.54) is 0 Å². The van der Waals surface area contributed by atoms with Crippen molar-refractivity contribution >= 4 is 69.5 Å². The maximum absolute atomic E-state index is 17.5. The Labute approximate surface area is 387 Å². The lowest BCUT2D eigenvalue weighted by molar-refractivity contribution is 0.591. The van der Waals surface area contributed by atoms with Crippen molar-refractivity contribution in [2.45, 2.75) is 0 Å². The van der Waals surface area contributed by atoms with Gasteiger partial charge in [-0.05, 0) is 16.7 Å². The van der Waals surface area contributed by atoms with E-state index in [2.05, 4.69) is 11.5 Å². The molecule has 6 heteroatoms. The summed E-state index contributed by atoms with van der Waals surface area (Å²) in [5, 5.41) is 4.57. The van der Waals surface area contributed by atoms with Crippen molar-refractivity contribution in [2.24, 2.45) is 0 Å². The Bertz CT molecular complexity index is 3220. The first kappa shape index (κ1) is 43.9. The third-order valence-corrected chi connectivity index (χ3v) is 20.7. The van der Waals surface area contributed by atoms with Gasteiger partial charge in [-0.15, -0.1) is 0 Å². The number of benzene rings is 9. The molecule has 0 fully saturated rings. The van der Waals surface area contributed by atoms with Crippen molar-refractivity contribution in [3.05, 3.63) is 306 Å². The summed E-state index contributed by atoms with van der Waals surface area (Å²) in [5.41, 5.74) is 10.1. The van der Waals surface area contributed by atoms with Gasteiger partial charge in [-0.1, -0.05) is 284 Å². The molecule has 0 heterocycles. The molecular formula is C60H45O3P3. The molecule has 0 aliphatic carbocycles. The normalized spacial score (nSPS) is 11.4. The van der Waals surface area contributed by atoms with Crippen LogP contribution in [-0.4, -0.2) is 0 Å². The molecule has 9 aromatic carbocycles. The zero-order valence-electron chi connectivity index (χ0n) is 36.0. The number of rotatable bonds is 13. The van der Waals surface area contributed by atoms with E-state index in [-0.39, 0.29) is 5.31 Å². The average Bonchev–Trinajstić information content (AvgIpc) is 3.41. The average molecular weight is 907 g/mol. The molecule has 0 saturated carbocycles. The van der Waals surface area contributed by atoms with E-state index in [0.29, 0.717) is 64.7 Å². The quantitative estimate of drug-likeness (QED) is 0.0658. The van der Waals surface area contributed by atoms with Gasteiger partial charge < -0.3 is 13.7 Å². The molecule has 0 spiro atoms. The first-order chi connectivity index (χ1) is 32.4. The highest BCUT2D eigenvalue weighted by Gasteiger charge is 2.40. The van der Waals surface area contributed by atoms with E-state index in [0.717, 1.165) is 0 Å². The van der Waals surface area contributed by atoms with Crippen LogP contribution in [-0.2, 0) is 13.7 Å². The van der Waals surface area contributed by atoms with Crippen LogP contribution in [0.2, 0.25) is 0 Å². The standard InChI is InChI=1S/C60H45O3P3/c61-64(51-34-16-4-17-35-51,52-36-18-5-19-37-52)58(49-30-12-2-13-31-49)46-57(48-28-10-1-11-29-48)60(66(63,55-42-24-8-25-43-55)56-44-26-9-27-45-56)47-59(50-32-14-3-15-33-50)65(62,53-38-20-6-21-39-53)54-40-22-7-23-41-54/h1-45H. The Morgan fingerprint density at radius 2 is 0.455 bits per heavy atom. The lowest BCUT2D eigenvalue weighted by Crippen LogP contribution is -2.19. The van der Waals surface area contributed by atoms with Crippen molar-refractivity contribution in [1.82, 2.24) is 0 Å². The lowest BCUT2D eigenvalue weighted by Gasteiger charge is -2.26. The number of hydrogen-bond donors (Lipinski definition) is 0. The molecule has 0 atom stereocenters. The summed E-state index contributed by atoms with van der Waals surface area (Å²) in [6, 6.07) is 86.0. The number of hydrogen-bond acceptors (Lipinski definition) is 3. The zero-order chi connectivity index (χ0) is 45.2. The molecule has 0 aliphatic rings. The molecule has 0 saturated heterocycles. The van der Waals surface area contributed by atoms with E-state index >= 15 is 13.7 Å². The van der Waals surface area contributed by atoms with Crippen LogP contribution in [0.15, 0.2) is 290 Å². The van der Waals surface area contributed by atoms with Gasteiger partial charge in [0.05, 0.1) is 15.9 Å². The Morgan fingerprint density at radius 3 is 0.727 bits per heavy atom. The molecule has 0 amide bonds. The lowest BCUT2D eigenvalue weighted by atomic mass is 10.1. The fourth-order valence-electron chi connectivity index (χ4n) is 8.31. The predicted octanol–water partition coefficient (Wildman–Crippen LogP) is 13.3. The third-order valence-electron chi connectivity index (χ3n) is 11.5. The highest BCUT2D eigenvalue weighted by Crippen LogP contribution is 2.62. The molecule has 66 heavy (non-hydrogen) atoms. The Hall–Kier alpha value is -7.29. The first-order valence-corrected chi connectivity index (χ1v) is 26.9. The number of allylic oxidation sites excluding steroid dienone is 2. The van der Waals surface area contributed by atoms with Gasteiger partial charge in [0.2, 0.25) is 0 Å². The Balaban J connectivity index is 1.61. The summed E-state index contributed by atoms with van der Waals surface area (Å²) >= 11 is 0. The maximum Gasteiger partial charge on any atom is 0.179 e. The van der Waals surface area contributed by atoms with Gasteiger partial charge in [0.15, 0.2) is 21.4 Å². The molecule has 0 radical (unpaired) electrons. The van der Waals surface area contributed by atoms with Gasteiger partial charge in [-0.2, -0.15) is 0 Å². The van der Waals surface area contributed by atoms with Gasteiger partial charge in [0, 0.05) is 37.4 Å². The largest absolute Gasteiger partial charge is 0.308 e. The van der Waals surface area contributed by atoms with E-state index < -0.39 is 21.4 Å². The summed E-state index contributed by atoms with van der Waals surface area (Å²) in [7, 11) is -11.7. The third kappa shape index (κ3) is 8.64. The fraction of sp³-hybridized carbons (Fsp3) is 0. The molecule has 0 N–H and O–H groups in total. The Morgan fingerprint density at radius 1 is 0.242 bits per heavy atom. The van der Waals surface area contributed by atoms with Crippen molar-refractivity contribution in [1.29, 1.82) is 0 Å². The summed E-state index contributed by atoms with van der Waals surface area (Å²) in [5.74, 6) is 0. The monoisotopic (exact) mass is 906 g/mol. The van der Waals surface area contributed by atoms with Crippen LogP contribution in [0.25, 0.3) is 16.2 Å². The van der Waals surface area contributed by atoms with Crippen LogP contribution in [0.1, 0.15) is 16.7 Å². The van der Waals surface area contributed by atoms with Crippen LogP contribution in [0.3, 0.4) is 0 Å². The highest BCUT2D eigenvalue weighted by molar-refractivity contribution is 7.88. The molecule has 3 nitrogen and oxygen atoms in total. The minimum absolute atomic E-state index is 0.262. The summed E-state index contributed by atoms with van der Waals surface area (Å²) < 4.78 is 51.2. The molecule has 9 aromatic rings. The molecule has 318 valence electrons. The molecule has 0 unspecified atom stereocenters. The molecular weight excluding hydrogens is 862 g/mol. The summed E-state index contributed by atoms with van der Waals surface area (Å²) in [4.78, 5) is 0. The Kier molecular flexibility index (Phi) is 13.2. The van der Waals surface area contributed by atoms with Crippen molar-refractivity contribution in [2.75, 3.05) is 0 Å². The maximum atomic E-state index is 17.5. The second-order valence-corrected chi connectivity index (χ2v) is 23.7. The van der Waals surface area contributed by atoms with Crippen molar-refractivity contribution in [3.63, 3.8) is 0 Å². The van der Waals surface area contributed by atoms with Gasteiger partial charge in [0.25, 0.3) is 0 Å². The summed E-state index contributed by atoms with van der Waals surface area (Å²) in [6.45, 7) is 0. The summed E-state index contributed by atoms with van der Waals surface area (Å²) in [6.07, 6.45) is 0. The smallest absolute Gasteiger partial charge is 0.179 e. The predicted molar refractivity (Wildman–Crippen MR) is 279 cm³/mol. The highest BCUT2D eigenvalue weighted by atomic mass is 31.2. The topological polar surface area (TPSA) is 51.2 Å². The zero-order valence-corrected chi connectivity index (χ0v) is 38.7. The van der Waals surface area contributed by atoms with Crippen LogP contribution < -0.4 is 31.8 Å². The van der Waals surface area contributed by atoms with Crippen molar-refractivity contribution < 1.29 is 13.7 Å². The fourth-order valence-corrected chi connectivity index (χ4v) is 16.7. The van der Waals surface area contributed by atoms with Crippen LogP contribution in [0.5, 0.6) is 0 Å². The van der Waals surface area contributed by atoms with Gasteiger partial charge >= 0.3 is 0 Å². The van der Waals surface area contributed by atoms with Gasteiger partial charge in [-0.25, -0.2) is 0 Å². The molecule has 0 aliphatic heterocycles. The second-order valence-electron chi connectivity index (χ2n) is 15.6. The van der Waals surface area contributed by atoms with Gasteiger partial charge in [0.1, 0.15) is 0 Å². The van der Waals surface area contributed by atoms with Crippen molar-refractivity contribution in [3.8, 4) is 0 Å². The van der Waals surface area contributed by atoms with Crippen LogP contribution >= 0.6 is 21.4 Å².